The van der Waals surface area contributed by atoms with E-state index in [9.17, 15) is 18.0 Å². The number of carbonyl (C=O) groups excluding carboxylic acids is 1. The summed E-state index contributed by atoms with van der Waals surface area (Å²) in [4.78, 5) is 11.5. The van der Waals surface area contributed by atoms with Gasteiger partial charge in [0.05, 0.1) is 12.7 Å². The van der Waals surface area contributed by atoms with Crippen LogP contribution in [0.4, 0.5) is 13.2 Å². The number of hydrogen-bond donors (Lipinski definition) is 0. The van der Waals surface area contributed by atoms with Crippen molar-refractivity contribution < 1.29 is 27.4 Å². The molecule has 18 heavy (non-hydrogen) atoms. The summed E-state index contributed by atoms with van der Waals surface area (Å²) in [5, 5.41) is 0. The molecular weight excluding hydrogens is 249 g/mol. The molecule has 0 aliphatic heterocycles. The molecule has 0 saturated carbocycles. The Hall–Kier alpha value is -1.72. The molecule has 3 nitrogen and oxygen atoms in total. The van der Waals surface area contributed by atoms with Gasteiger partial charge in [0.15, 0.2) is 0 Å². The van der Waals surface area contributed by atoms with Crippen LogP contribution in [0.2, 0.25) is 0 Å². The molecule has 1 aromatic carbocycles. The van der Waals surface area contributed by atoms with Gasteiger partial charge in [0, 0.05) is 0 Å². The molecule has 0 atom stereocenters. The van der Waals surface area contributed by atoms with Crippen molar-refractivity contribution in [2.75, 3.05) is 7.11 Å². The first kappa shape index (κ1) is 14.3. The van der Waals surface area contributed by atoms with E-state index in [0.29, 0.717) is 12.0 Å². The number of esters is 1. The van der Waals surface area contributed by atoms with Gasteiger partial charge >= 0.3 is 12.3 Å². The molecule has 0 heterocycles. The number of methoxy groups -OCH3 is 1. The Morgan fingerprint density at radius 3 is 2.50 bits per heavy atom. The highest BCUT2D eigenvalue weighted by Gasteiger charge is 2.31. The molecule has 0 N–H and O–H groups in total. The van der Waals surface area contributed by atoms with Crippen molar-refractivity contribution in [3.8, 4) is 5.75 Å². The molecule has 0 bridgehead atoms. The smallest absolute Gasteiger partial charge is 0.465 e. The maximum atomic E-state index is 12.1. The summed E-state index contributed by atoms with van der Waals surface area (Å²) < 4.78 is 44.5. The third-order valence-electron chi connectivity index (χ3n) is 2.24. The molecule has 0 unspecified atom stereocenters. The first-order valence-corrected chi connectivity index (χ1v) is 5.34. The normalized spacial score (nSPS) is 11.2. The van der Waals surface area contributed by atoms with E-state index in [1.54, 1.807) is 0 Å². The fraction of sp³-hybridized carbons (Fsp3) is 0.417. The van der Waals surface area contributed by atoms with E-state index in [1.807, 2.05) is 6.92 Å². The lowest BCUT2D eigenvalue weighted by Gasteiger charge is -2.12. The fourth-order valence-corrected chi connectivity index (χ4v) is 1.54. The molecular formula is C12H13F3O3. The lowest BCUT2D eigenvalue weighted by molar-refractivity contribution is -0.274. The van der Waals surface area contributed by atoms with E-state index < -0.39 is 18.1 Å². The molecule has 0 aliphatic carbocycles. The van der Waals surface area contributed by atoms with Gasteiger partial charge in [-0.3, -0.25) is 0 Å². The predicted octanol–water partition coefficient (Wildman–Crippen LogP) is 3.32. The molecule has 0 spiro atoms. The highest BCUT2D eigenvalue weighted by Crippen LogP contribution is 2.26. The van der Waals surface area contributed by atoms with Crippen LogP contribution in [-0.4, -0.2) is 19.4 Å². The topological polar surface area (TPSA) is 35.5 Å². The minimum Gasteiger partial charge on any atom is -0.465 e. The zero-order valence-electron chi connectivity index (χ0n) is 10.0. The van der Waals surface area contributed by atoms with Gasteiger partial charge in [0.2, 0.25) is 0 Å². The summed E-state index contributed by atoms with van der Waals surface area (Å²) in [5.41, 5.74) is 0.736. The zero-order valence-corrected chi connectivity index (χ0v) is 10.0. The van der Waals surface area contributed by atoms with Crippen molar-refractivity contribution in [3.05, 3.63) is 29.3 Å². The molecule has 1 aromatic rings. The van der Waals surface area contributed by atoms with Crippen molar-refractivity contribution in [1.29, 1.82) is 0 Å². The maximum Gasteiger partial charge on any atom is 0.573 e. The van der Waals surface area contributed by atoms with Crippen molar-refractivity contribution in [2.24, 2.45) is 0 Å². The van der Waals surface area contributed by atoms with Crippen LogP contribution in [0.3, 0.4) is 0 Å². The number of ether oxygens (including phenoxy) is 2. The average Bonchev–Trinajstić information content (AvgIpc) is 2.28. The van der Waals surface area contributed by atoms with Gasteiger partial charge in [0.1, 0.15) is 5.75 Å². The van der Waals surface area contributed by atoms with Gasteiger partial charge in [-0.25, -0.2) is 4.79 Å². The summed E-state index contributed by atoms with van der Waals surface area (Å²) in [7, 11) is 1.18. The second kappa shape index (κ2) is 5.75. The van der Waals surface area contributed by atoms with Crippen LogP contribution in [-0.2, 0) is 11.2 Å². The molecule has 100 valence electrons. The van der Waals surface area contributed by atoms with Crippen molar-refractivity contribution in [1.82, 2.24) is 0 Å². The first-order chi connectivity index (χ1) is 8.37. The number of aryl methyl sites for hydroxylation is 1. The summed E-state index contributed by atoms with van der Waals surface area (Å²) in [5.74, 6) is -1.10. The Balaban J connectivity index is 3.08. The van der Waals surface area contributed by atoms with Gasteiger partial charge in [-0.1, -0.05) is 19.4 Å². The third-order valence-corrected chi connectivity index (χ3v) is 2.24. The van der Waals surface area contributed by atoms with E-state index in [2.05, 4.69) is 9.47 Å². The number of hydrogen-bond acceptors (Lipinski definition) is 3. The van der Waals surface area contributed by atoms with Crippen LogP contribution in [0, 0.1) is 0 Å². The highest BCUT2D eigenvalue weighted by molar-refractivity contribution is 5.91. The standard InChI is InChI=1S/C12H13F3O3/c1-3-4-8-5-6-9(18-12(13,14)15)7-10(8)11(16)17-2/h5-7H,3-4H2,1-2H3. The Kier molecular flexibility index (Phi) is 4.58. The Bertz CT molecular complexity index is 427. The number of carbonyl (C=O) groups is 1. The van der Waals surface area contributed by atoms with Gasteiger partial charge < -0.3 is 9.47 Å². The highest BCUT2D eigenvalue weighted by atomic mass is 19.4. The summed E-state index contributed by atoms with van der Waals surface area (Å²) in [6.07, 6.45) is -3.43. The number of alkyl halides is 3. The van der Waals surface area contributed by atoms with E-state index in [1.165, 1.54) is 19.2 Å². The van der Waals surface area contributed by atoms with Crippen LogP contribution < -0.4 is 4.74 Å². The van der Waals surface area contributed by atoms with Crippen molar-refractivity contribution >= 4 is 5.97 Å². The van der Waals surface area contributed by atoms with Crippen LogP contribution in [0.5, 0.6) is 5.75 Å². The van der Waals surface area contributed by atoms with Crippen molar-refractivity contribution in [2.45, 2.75) is 26.1 Å². The van der Waals surface area contributed by atoms with E-state index in [0.717, 1.165) is 12.5 Å². The number of rotatable bonds is 4. The van der Waals surface area contributed by atoms with Crippen molar-refractivity contribution in [3.63, 3.8) is 0 Å². The molecule has 0 saturated heterocycles. The summed E-state index contributed by atoms with van der Waals surface area (Å²) in [6, 6.07) is 3.67. The Morgan fingerprint density at radius 1 is 1.33 bits per heavy atom. The Labute approximate surface area is 103 Å². The molecule has 0 aliphatic rings. The lowest BCUT2D eigenvalue weighted by atomic mass is 10.0. The zero-order chi connectivity index (χ0) is 13.8. The van der Waals surface area contributed by atoms with Gasteiger partial charge in [-0.2, -0.15) is 0 Å². The number of halogens is 3. The van der Waals surface area contributed by atoms with Crippen LogP contribution >= 0.6 is 0 Å². The second-order valence-corrected chi connectivity index (χ2v) is 3.61. The fourth-order valence-electron chi connectivity index (χ4n) is 1.54. The van der Waals surface area contributed by atoms with Crippen LogP contribution in [0.15, 0.2) is 18.2 Å². The quantitative estimate of drug-likeness (QED) is 0.781. The van der Waals surface area contributed by atoms with Gasteiger partial charge in [0.25, 0.3) is 0 Å². The molecule has 0 radical (unpaired) electrons. The van der Waals surface area contributed by atoms with Crippen LogP contribution in [0.25, 0.3) is 0 Å². The maximum absolute atomic E-state index is 12.1. The van der Waals surface area contributed by atoms with Gasteiger partial charge in [-0.15, -0.1) is 13.2 Å². The monoisotopic (exact) mass is 262 g/mol. The van der Waals surface area contributed by atoms with Crippen LogP contribution in [0.1, 0.15) is 29.3 Å². The van der Waals surface area contributed by atoms with E-state index >= 15 is 0 Å². The molecule has 6 heteroatoms. The van der Waals surface area contributed by atoms with Gasteiger partial charge in [-0.05, 0) is 24.1 Å². The predicted molar refractivity (Wildman–Crippen MR) is 58.5 cm³/mol. The third kappa shape index (κ3) is 3.94. The largest absolute Gasteiger partial charge is 0.573 e. The minimum absolute atomic E-state index is 0.0982. The van der Waals surface area contributed by atoms with E-state index in [-0.39, 0.29) is 5.56 Å². The molecule has 0 aromatic heterocycles. The molecule has 0 fully saturated rings. The molecule has 0 amide bonds. The summed E-state index contributed by atoms with van der Waals surface area (Å²) >= 11 is 0. The minimum atomic E-state index is -4.78. The van der Waals surface area contributed by atoms with E-state index in [4.69, 9.17) is 0 Å². The number of benzene rings is 1. The first-order valence-electron chi connectivity index (χ1n) is 5.34. The molecule has 1 rings (SSSR count). The average molecular weight is 262 g/mol. The lowest BCUT2D eigenvalue weighted by Crippen LogP contribution is -2.17. The Morgan fingerprint density at radius 2 is 2.00 bits per heavy atom. The summed E-state index contributed by atoms with van der Waals surface area (Å²) in [6.45, 7) is 1.90. The second-order valence-electron chi connectivity index (χ2n) is 3.61. The SMILES string of the molecule is CCCc1ccc(OC(F)(F)F)cc1C(=O)OC.